The van der Waals surface area contributed by atoms with E-state index in [0.29, 0.717) is 6.54 Å². The first-order chi connectivity index (χ1) is 10.5. The Morgan fingerprint density at radius 1 is 1.32 bits per heavy atom. The summed E-state index contributed by atoms with van der Waals surface area (Å²) in [5.74, 6) is -0.00281. The minimum absolute atomic E-state index is 0.00281. The molecule has 0 bridgehead atoms. The highest BCUT2D eigenvalue weighted by molar-refractivity contribution is 5.79. The van der Waals surface area contributed by atoms with Crippen molar-refractivity contribution in [2.45, 2.75) is 25.9 Å². The predicted molar refractivity (Wildman–Crippen MR) is 87.6 cm³/mol. The van der Waals surface area contributed by atoms with Crippen LogP contribution in [0.1, 0.15) is 30.1 Å². The van der Waals surface area contributed by atoms with E-state index in [9.17, 15) is 4.79 Å². The van der Waals surface area contributed by atoms with Crippen molar-refractivity contribution in [3.63, 3.8) is 0 Å². The van der Waals surface area contributed by atoms with Gasteiger partial charge in [-0.1, -0.05) is 29.8 Å². The molecule has 5 nitrogen and oxygen atoms in total. The zero-order valence-corrected chi connectivity index (χ0v) is 13.7. The van der Waals surface area contributed by atoms with E-state index >= 15 is 0 Å². The van der Waals surface area contributed by atoms with Crippen LogP contribution in [0.15, 0.2) is 43.0 Å². The largest absolute Gasteiger partial charge is 0.352 e. The van der Waals surface area contributed by atoms with Gasteiger partial charge in [-0.2, -0.15) is 0 Å². The van der Waals surface area contributed by atoms with Crippen LogP contribution in [-0.4, -0.2) is 41.0 Å². The molecule has 1 N–H and O–H groups in total. The highest BCUT2D eigenvalue weighted by Crippen LogP contribution is 2.18. The molecule has 0 saturated carbocycles. The Kier molecular flexibility index (Phi) is 5.33. The summed E-state index contributed by atoms with van der Waals surface area (Å²) in [6.45, 7) is 4.52. The number of hydrogen-bond acceptors (Lipinski definition) is 3. The third-order valence-corrected chi connectivity index (χ3v) is 3.91. The predicted octanol–water partition coefficient (Wildman–Crippen LogP) is 2.17. The lowest BCUT2D eigenvalue weighted by molar-refractivity contribution is -0.124. The Morgan fingerprint density at radius 3 is 2.55 bits per heavy atom. The van der Waals surface area contributed by atoms with E-state index in [1.54, 1.807) is 23.3 Å². The van der Waals surface area contributed by atoms with Crippen molar-refractivity contribution in [1.82, 2.24) is 19.8 Å². The number of likely N-dealkylation sites (N-methyl/N-ethyl adjacent to an activating group) is 1. The van der Waals surface area contributed by atoms with E-state index in [0.717, 1.165) is 0 Å². The molecule has 1 amide bonds. The van der Waals surface area contributed by atoms with E-state index in [4.69, 9.17) is 0 Å². The van der Waals surface area contributed by atoms with Crippen molar-refractivity contribution in [2.24, 2.45) is 0 Å². The van der Waals surface area contributed by atoms with Crippen LogP contribution in [0.5, 0.6) is 0 Å². The minimum Gasteiger partial charge on any atom is -0.352 e. The number of nitrogens with zero attached hydrogens (tertiary/aromatic N) is 3. The van der Waals surface area contributed by atoms with Crippen LogP contribution in [0.25, 0.3) is 0 Å². The first kappa shape index (κ1) is 16.2. The molecule has 1 aromatic heterocycles. The topological polar surface area (TPSA) is 50.2 Å². The van der Waals surface area contributed by atoms with Crippen molar-refractivity contribution in [2.75, 3.05) is 20.6 Å². The van der Waals surface area contributed by atoms with Crippen LogP contribution in [0.3, 0.4) is 0 Å². The SMILES string of the molecule is Cc1ccc(C(CNC(=O)C(C)n2ccnc2)N(C)C)cc1. The van der Waals surface area contributed by atoms with Gasteiger partial charge in [-0.25, -0.2) is 4.98 Å². The van der Waals surface area contributed by atoms with Crippen molar-refractivity contribution < 1.29 is 4.79 Å². The number of aryl methyl sites for hydroxylation is 1. The number of aromatic nitrogens is 2. The van der Waals surface area contributed by atoms with Crippen LogP contribution in [0, 0.1) is 6.92 Å². The lowest BCUT2D eigenvalue weighted by Crippen LogP contribution is -2.37. The lowest BCUT2D eigenvalue weighted by Gasteiger charge is -2.26. The third kappa shape index (κ3) is 3.95. The van der Waals surface area contributed by atoms with E-state index in [1.165, 1.54) is 11.1 Å². The van der Waals surface area contributed by atoms with Gasteiger partial charge in [0.2, 0.25) is 5.91 Å². The van der Waals surface area contributed by atoms with E-state index in [-0.39, 0.29) is 18.0 Å². The molecule has 0 fully saturated rings. The number of rotatable bonds is 6. The maximum absolute atomic E-state index is 12.3. The van der Waals surface area contributed by atoms with Gasteiger partial charge in [-0.3, -0.25) is 4.79 Å². The molecule has 5 heteroatoms. The summed E-state index contributed by atoms with van der Waals surface area (Å²) < 4.78 is 1.80. The monoisotopic (exact) mass is 300 g/mol. The molecule has 2 atom stereocenters. The Bertz CT molecular complexity index is 590. The number of amides is 1. The summed E-state index contributed by atoms with van der Waals surface area (Å²) in [5, 5.41) is 3.04. The first-order valence-electron chi connectivity index (χ1n) is 7.47. The Morgan fingerprint density at radius 2 is 2.00 bits per heavy atom. The normalized spacial score (nSPS) is 13.9. The van der Waals surface area contributed by atoms with Crippen LogP contribution >= 0.6 is 0 Å². The molecule has 1 aromatic carbocycles. The quantitative estimate of drug-likeness (QED) is 0.889. The molecule has 2 unspecified atom stereocenters. The molecule has 1 heterocycles. The maximum Gasteiger partial charge on any atom is 0.242 e. The van der Waals surface area contributed by atoms with Crippen LogP contribution < -0.4 is 5.32 Å². The second-order valence-corrected chi connectivity index (χ2v) is 5.82. The summed E-state index contributed by atoms with van der Waals surface area (Å²) in [5.41, 5.74) is 2.44. The van der Waals surface area contributed by atoms with E-state index in [2.05, 4.69) is 46.4 Å². The maximum atomic E-state index is 12.3. The number of benzene rings is 1. The average Bonchev–Trinajstić information content (AvgIpc) is 3.02. The van der Waals surface area contributed by atoms with Crippen LogP contribution in [0.4, 0.5) is 0 Å². The number of hydrogen-bond donors (Lipinski definition) is 1. The van der Waals surface area contributed by atoms with Crippen molar-refractivity contribution in [3.8, 4) is 0 Å². The van der Waals surface area contributed by atoms with Gasteiger partial charge in [-0.15, -0.1) is 0 Å². The molecule has 2 rings (SSSR count). The zero-order valence-electron chi connectivity index (χ0n) is 13.7. The van der Waals surface area contributed by atoms with Gasteiger partial charge in [-0.05, 0) is 33.5 Å². The zero-order chi connectivity index (χ0) is 16.1. The average molecular weight is 300 g/mol. The molecule has 0 spiro atoms. The summed E-state index contributed by atoms with van der Waals surface area (Å²) in [7, 11) is 4.05. The highest BCUT2D eigenvalue weighted by atomic mass is 16.2. The molecule has 2 aromatic rings. The molecule has 0 aliphatic carbocycles. The molecular formula is C17H24N4O. The number of carbonyl (C=O) groups is 1. The van der Waals surface area contributed by atoms with Crippen molar-refractivity contribution in [3.05, 3.63) is 54.1 Å². The molecule has 0 saturated heterocycles. The Balaban J connectivity index is 2.00. The number of nitrogens with one attached hydrogen (secondary N) is 1. The van der Waals surface area contributed by atoms with E-state index < -0.39 is 0 Å². The van der Waals surface area contributed by atoms with Gasteiger partial charge >= 0.3 is 0 Å². The van der Waals surface area contributed by atoms with Gasteiger partial charge in [0.15, 0.2) is 0 Å². The summed E-state index contributed by atoms with van der Waals surface area (Å²) in [6, 6.07) is 8.32. The van der Waals surface area contributed by atoms with Gasteiger partial charge in [0, 0.05) is 18.9 Å². The van der Waals surface area contributed by atoms with Crippen LogP contribution in [-0.2, 0) is 4.79 Å². The minimum atomic E-state index is -0.261. The molecule has 118 valence electrons. The fourth-order valence-electron chi connectivity index (χ4n) is 2.37. The van der Waals surface area contributed by atoms with Gasteiger partial charge < -0.3 is 14.8 Å². The van der Waals surface area contributed by atoms with Gasteiger partial charge in [0.05, 0.1) is 12.4 Å². The summed E-state index contributed by atoms with van der Waals surface area (Å²) in [6.07, 6.45) is 5.14. The summed E-state index contributed by atoms with van der Waals surface area (Å²) in [4.78, 5) is 18.4. The fourth-order valence-corrected chi connectivity index (χ4v) is 2.37. The smallest absolute Gasteiger partial charge is 0.242 e. The Hall–Kier alpha value is -2.14. The van der Waals surface area contributed by atoms with E-state index in [1.807, 2.05) is 21.0 Å². The lowest BCUT2D eigenvalue weighted by atomic mass is 10.0. The van der Waals surface area contributed by atoms with Gasteiger partial charge in [0.25, 0.3) is 0 Å². The third-order valence-electron chi connectivity index (χ3n) is 3.91. The fraction of sp³-hybridized carbons (Fsp3) is 0.412. The molecular weight excluding hydrogens is 276 g/mol. The van der Waals surface area contributed by atoms with Gasteiger partial charge in [0.1, 0.15) is 6.04 Å². The Labute approximate surface area is 132 Å². The molecule has 0 aliphatic heterocycles. The first-order valence-corrected chi connectivity index (χ1v) is 7.47. The summed E-state index contributed by atoms with van der Waals surface area (Å²) >= 11 is 0. The van der Waals surface area contributed by atoms with Crippen molar-refractivity contribution in [1.29, 1.82) is 0 Å². The second-order valence-electron chi connectivity index (χ2n) is 5.82. The standard InChI is InChI=1S/C17H24N4O/c1-13-5-7-15(8-6-13)16(20(3)4)11-19-17(22)14(2)21-10-9-18-12-21/h5-10,12,14,16H,11H2,1-4H3,(H,19,22). The molecule has 0 radical (unpaired) electrons. The highest BCUT2D eigenvalue weighted by Gasteiger charge is 2.18. The molecule has 22 heavy (non-hydrogen) atoms. The van der Waals surface area contributed by atoms with Crippen molar-refractivity contribution >= 4 is 5.91 Å². The second kappa shape index (κ2) is 7.22. The molecule has 0 aliphatic rings. The number of imidazole rings is 1. The number of carbonyl (C=O) groups excluding carboxylic acids is 1. The van der Waals surface area contributed by atoms with Crippen LogP contribution in [0.2, 0.25) is 0 Å².